The van der Waals surface area contributed by atoms with Crippen molar-refractivity contribution < 1.29 is 18.0 Å². The quantitative estimate of drug-likeness (QED) is 0.930. The van der Waals surface area contributed by atoms with E-state index >= 15 is 0 Å². The molecule has 1 unspecified atom stereocenters. The van der Waals surface area contributed by atoms with E-state index in [1.54, 1.807) is 4.90 Å². The number of rotatable bonds is 3. The normalized spacial score (nSPS) is 23.5. The second kappa shape index (κ2) is 5.33. The maximum Gasteiger partial charge on any atom is 0.416 e. The number of benzene rings is 1. The number of nitrogens with zero attached hydrogens (tertiary/aromatic N) is 1. The number of carbonyl (C=O) groups is 1. The van der Waals surface area contributed by atoms with Gasteiger partial charge in [-0.1, -0.05) is 18.6 Å². The van der Waals surface area contributed by atoms with E-state index in [0.29, 0.717) is 18.0 Å². The van der Waals surface area contributed by atoms with Crippen LogP contribution in [0.1, 0.15) is 36.6 Å². The van der Waals surface area contributed by atoms with Gasteiger partial charge in [0.2, 0.25) is 5.91 Å². The lowest BCUT2D eigenvalue weighted by Gasteiger charge is -2.33. The largest absolute Gasteiger partial charge is 0.416 e. The highest BCUT2D eigenvalue weighted by Crippen LogP contribution is 2.33. The van der Waals surface area contributed by atoms with Crippen molar-refractivity contribution in [2.45, 2.75) is 31.6 Å². The predicted molar refractivity (Wildman–Crippen MR) is 71.2 cm³/mol. The van der Waals surface area contributed by atoms with Crippen molar-refractivity contribution in [3.8, 4) is 0 Å². The van der Waals surface area contributed by atoms with Gasteiger partial charge in [0.15, 0.2) is 0 Å². The summed E-state index contributed by atoms with van der Waals surface area (Å²) in [6, 6.07) is 5.04. The molecule has 114 valence electrons. The highest BCUT2D eigenvalue weighted by atomic mass is 19.4. The molecule has 1 aliphatic carbocycles. The molecule has 3 nitrogen and oxygen atoms in total. The van der Waals surface area contributed by atoms with Crippen LogP contribution in [0.3, 0.4) is 0 Å². The van der Waals surface area contributed by atoms with Crippen LogP contribution in [0.4, 0.5) is 13.2 Å². The van der Waals surface area contributed by atoms with Crippen molar-refractivity contribution >= 4 is 5.91 Å². The summed E-state index contributed by atoms with van der Waals surface area (Å²) < 4.78 is 37.7. The average Bonchev–Trinajstić information content (AvgIpc) is 2.74. The van der Waals surface area contributed by atoms with Crippen LogP contribution in [0.25, 0.3) is 0 Å². The fraction of sp³-hybridized carbons (Fsp3) is 0.533. The zero-order chi connectivity index (χ0) is 15.0. The summed E-state index contributed by atoms with van der Waals surface area (Å²) in [5.41, 5.74) is 0.0364. The third-order valence-electron chi connectivity index (χ3n) is 4.31. The summed E-state index contributed by atoms with van der Waals surface area (Å²) in [7, 11) is 0. The van der Waals surface area contributed by atoms with Gasteiger partial charge in [-0.15, -0.1) is 0 Å². The Hall–Kier alpha value is -1.56. The van der Waals surface area contributed by atoms with Crippen LogP contribution in [-0.2, 0) is 11.0 Å². The lowest BCUT2D eigenvalue weighted by molar-refractivity contribution is -0.137. The lowest BCUT2D eigenvalue weighted by atomic mass is 9.85. The van der Waals surface area contributed by atoms with E-state index in [4.69, 9.17) is 0 Å². The molecule has 21 heavy (non-hydrogen) atoms. The topological polar surface area (TPSA) is 32.3 Å². The highest BCUT2D eigenvalue weighted by Gasteiger charge is 2.35. The molecule has 1 saturated carbocycles. The monoisotopic (exact) mass is 298 g/mol. The van der Waals surface area contributed by atoms with Crippen molar-refractivity contribution in [2.75, 3.05) is 13.1 Å². The second-order valence-electron chi connectivity index (χ2n) is 5.75. The Morgan fingerprint density at radius 3 is 2.38 bits per heavy atom. The first-order valence-corrected chi connectivity index (χ1v) is 7.15. The molecule has 0 radical (unpaired) electrons. The zero-order valence-electron chi connectivity index (χ0n) is 11.5. The Kier molecular flexibility index (Phi) is 3.65. The van der Waals surface area contributed by atoms with Crippen LogP contribution < -0.4 is 5.32 Å². The second-order valence-corrected chi connectivity index (χ2v) is 5.75. The molecule has 1 atom stereocenters. The van der Waals surface area contributed by atoms with E-state index in [2.05, 4.69) is 5.32 Å². The third-order valence-corrected chi connectivity index (χ3v) is 4.31. The van der Waals surface area contributed by atoms with Crippen LogP contribution in [0.5, 0.6) is 0 Å². The van der Waals surface area contributed by atoms with Crippen molar-refractivity contribution in [2.24, 2.45) is 5.92 Å². The van der Waals surface area contributed by atoms with Gasteiger partial charge < -0.3 is 4.90 Å². The van der Waals surface area contributed by atoms with Gasteiger partial charge in [0.05, 0.1) is 12.1 Å². The molecular formula is C15H17F3N2O. The SMILES string of the molecule is O=C1CNC(c2ccc(C(F)(F)F)cc2)N1CC1CCC1. The van der Waals surface area contributed by atoms with E-state index < -0.39 is 11.7 Å². The molecule has 1 N–H and O–H groups in total. The Balaban J connectivity index is 1.76. The van der Waals surface area contributed by atoms with Gasteiger partial charge >= 0.3 is 6.18 Å². The maximum atomic E-state index is 12.6. The van der Waals surface area contributed by atoms with Crippen LogP contribution in [0.15, 0.2) is 24.3 Å². The number of hydrogen-bond donors (Lipinski definition) is 1. The van der Waals surface area contributed by atoms with E-state index in [1.165, 1.54) is 18.6 Å². The van der Waals surface area contributed by atoms with Crippen molar-refractivity contribution in [3.63, 3.8) is 0 Å². The minimum absolute atomic E-state index is 0.0202. The molecule has 0 aromatic heterocycles. The standard InChI is InChI=1S/C15H17F3N2O/c16-15(17,18)12-6-4-11(5-7-12)14-19-8-13(21)20(14)9-10-2-1-3-10/h4-7,10,14,19H,1-3,8-9H2. The van der Waals surface area contributed by atoms with E-state index in [1.807, 2.05) is 0 Å². The minimum Gasteiger partial charge on any atom is -0.322 e. The zero-order valence-corrected chi connectivity index (χ0v) is 11.5. The summed E-state index contributed by atoms with van der Waals surface area (Å²) in [5, 5.41) is 3.08. The molecule has 1 aliphatic heterocycles. The lowest BCUT2D eigenvalue weighted by Crippen LogP contribution is -2.36. The number of amides is 1. The van der Waals surface area contributed by atoms with E-state index in [9.17, 15) is 18.0 Å². The summed E-state index contributed by atoms with van der Waals surface area (Å²) in [6.45, 7) is 0.940. The molecule has 1 amide bonds. The van der Waals surface area contributed by atoms with Crippen molar-refractivity contribution in [3.05, 3.63) is 35.4 Å². The van der Waals surface area contributed by atoms with Crippen molar-refractivity contribution in [1.29, 1.82) is 0 Å². The maximum absolute atomic E-state index is 12.6. The first kappa shape index (κ1) is 14.4. The molecule has 2 fully saturated rings. The van der Waals surface area contributed by atoms with Gasteiger partial charge in [0.25, 0.3) is 0 Å². The molecule has 2 aliphatic rings. The number of halogens is 3. The summed E-state index contributed by atoms with van der Waals surface area (Å²) in [5.74, 6) is 0.553. The molecular weight excluding hydrogens is 281 g/mol. The van der Waals surface area contributed by atoms with Crippen LogP contribution in [0.2, 0.25) is 0 Å². The highest BCUT2D eigenvalue weighted by molar-refractivity contribution is 5.81. The minimum atomic E-state index is -4.33. The average molecular weight is 298 g/mol. The first-order valence-electron chi connectivity index (χ1n) is 7.15. The number of hydrogen-bond acceptors (Lipinski definition) is 2. The summed E-state index contributed by atoms with van der Waals surface area (Å²) in [4.78, 5) is 13.7. The Morgan fingerprint density at radius 1 is 1.19 bits per heavy atom. The van der Waals surface area contributed by atoms with Gasteiger partial charge in [-0.2, -0.15) is 13.2 Å². The van der Waals surface area contributed by atoms with Crippen molar-refractivity contribution in [1.82, 2.24) is 10.2 Å². The van der Waals surface area contributed by atoms with E-state index in [0.717, 1.165) is 25.0 Å². The van der Waals surface area contributed by atoms with Crippen LogP contribution in [0, 0.1) is 5.92 Å². The molecule has 0 bridgehead atoms. The molecule has 1 saturated heterocycles. The first-order chi connectivity index (χ1) is 9.95. The van der Waals surface area contributed by atoms with Gasteiger partial charge in [0.1, 0.15) is 6.17 Å². The van der Waals surface area contributed by atoms with Crippen LogP contribution in [-0.4, -0.2) is 23.9 Å². The summed E-state index contributed by atoms with van der Waals surface area (Å²) in [6.07, 6.45) is -1.18. The number of carbonyl (C=O) groups excluding carboxylic acids is 1. The summed E-state index contributed by atoms with van der Waals surface area (Å²) >= 11 is 0. The van der Waals surface area contributed by atoms with Gasteiger partial charge in [0, 0.05) is 6.54 Å². The van der Waals surface area contributed by atoms with Gasteiger partial charge in [-0.05, 0) is 36.5 Å². The Labute approximate surface area is 121 Å². The number of alkyl halides is 3. The molecule has 6 heteroatoms. The van der Waals surface area contributed by atoms with E-state index in [-0.39, 0.29) is 18.6 Å². The molecule has 1 aromatic carbocycles. The molecule has 3 rings (SSSR count). The molecule has 1 heterocycles. The molecule has 1 aromatic rings. The molecule has 0 spiro atoms. The fourth-order valence-electron chi connectivity index (χ4n) is 2.85. The number of nitrogens with one attached hydrogen (secondary N) is 1. The predicted octanol–water partition coefficient (Wildman–Crippen LogP) is 2.94. The van der Waals surface area contributed by atoms with Gasteiger partial charge in [-0.25, -0.2) is 0 Å². The Morgan fingerprint density at radius 2 is 1.86 bits per heavy atom. The Bertz CT molecular complexity index is 523. The fourth-order valence-corrected chi connectivity index (χ4v) is 2.85. The van der Waals surface area contributed by atoms with Crippen LogP contribution >= 0.6 is 0 Å². The van der Waals surface area contributed by atoms with Gasteiger partial charge in [-0.3, -0.25) is 10.1 Å². The smallest absolute Gasteiger partial charge is 0.322 e. The third kappa shape index (κ3) is 2.90.